The van der Waals surface area contributed by atoms with Crippen LogP contribution in [0.4, 0.5) is 4.79 Å². The minimum atomic E-state index is -0.900. The number of aromatic nitrogens is 1. The van der Waals surface area contributed by atoms with Crippen molar-refractivity contribution in [2.24, 2.45) is 0 Å². The number of H-pyrrole nitrogens is 1. The number of nitrogens with zero attached hydrogens (tertiary/aromatic N) is 2. The third kappa shape index (κ3) is 7.74. The zero-order valence-electron chi connectivity index (χ0n) is 25.1. The summed E-state index contributed by atoms with van der Waals surface area (Å²) in [5, 5.41) is 12.7. The quantitative estimate of drug-likeness (QED) is 0.144. The molecule has 2 heterocycles. The molecule has 9 heteroatoms. The zero-order valence-corrected chi connectivity index (χ0v) is 25.1. The summed E-state index contributed by atoms with van der Waals surface area (Å²) in [6.07, 6.45) is 2.13. The summed E-state index contributed by atoms with van der Waals surface area (Å²) in [6, 6.07) is 24.9. The number of aliphatic carboxylic acids is 1. The molecule has 226 valence electrons. The van der Waals surface area contributed by atoms with Crippen molar-refractivity contribution >= 4 is 23.0 Å². The predicted octanol–water partition coefficient (Wildman–Crippen LogP) is 5.76. The van der Waals surface area contributed by atoms with E-state index in [4.69, 9.17) is 9.47 Å². The number of hydrazine groups is 1. The number of hydrogen-bond donors (Lipinski definition) is 3. The van der Waals surface area contributed by atoms with Gasteiger partial charge in [-0.3, -0.25) is 9.69 Å². The Labute approximate surface area is 252 Å². The number of carboxylic acid groups (broad SMARTS) is 1. The number of amides is 1. The monoisotopic (exact) mass is 584 g/mol. The molecule has 1 aromatic heterocycles. The van der Waals surface area contributed by atoms with E-state index < -0.39 is 29.9 Å². The predicted molar refractivity (Wildman–Crippen MR) is 166 cm³/mol. The van der Waals surface area contributed by atoms with E-state index in [1.807, 2.05) is 113 Å². The Bertz CT molecular complexity index is 1530. The molecule has 1 amide bonds. The molecule has 5 rings (SSSR count). The molecule has 2 unspecified atom stereocenters. The van der Waals surface area contributed by atoms with Gasteiger partial charge in [0.1, 0.15) is 24.0 Å². The SMILES string of the molecule is CC(NN1[C@H](C(=O)O)[C@@H]1Cc1c[nH]c2ccccc12)N(CCc1ccc(OCc2ccccc2)cc1)C(=O)OC(C)(C)C. The van der Waals surface area contributed by atoms with E-state index in [0.717, 1.165) is 33.3 Å². The number of carbonyl (C=O) groups excluding carboxylic acids is 1. The summed E-state index contributed by atoms with van der Waals surface area (Å²) in [7, 11) is 0. The van der Waals surface area contributed by atoms with Crippen LogP contribution in [0, 0.1) is 0 Å². The van der Waals surface area contributed by atoms with Crippen LogP contribution in [0.15, 0.2) is 85.1 Å². The Morgan fingerprint density at radius 3 is 2.40 bits per heavy atom. The van der Waals surface area contributed by atoms with Crippen molar-refractivity contribution in [2.75, 3.05) is 6.54 Å². The Hall–Kier alpha value is -4.34. The number of ether oxygens (including phenoxy) is 2. The molecule has 0 bridgehead atoms. The minimum Gasteiger partial charge on any atom is -0.489 e. The lowest BCUT2D eigenvalue weighted by Crippen LogP contribution is -2.52. The molecule has 0 aliphatic carbocycles. The van der Waals surface area contributed by atoms with E-state index in [-0.39, 0.29) is 6.04 Å². The van der Waals surface area contributed by atoms with E-state index >= 15 is 0 Å². The fraction of sp³-hybridized carbons (Fsp3) is 0.353. The molecule has 43 heavy (non-hydrogen) atoms. The number of aromatic amines is 1. The van der Waals surface area contributed by atoms with Crippen LogP contribution >= 0.6 is 0 Å². The second-order valence-electron chi connectivity index (χ2n) is 12.0. The normalized spacial score (nSPS) is 18.7. The number of hydrogen-bond acceptors (Lipinski definition) is 6. The molecule has 3 N–H and O–H groups in total. The number of para-hydroxylation sites is 1. The third-order valence-electron chi connectivity index (χ3n) is 7.53. The summed E-state index contributed by atoms with van der Waals surface area (Å²) in [5.74, 6) is -0.128. The van der Waals surface area contributed by atoms with Crippen molar-refractivity contribution in [3.05, 3.63) is 102 Å². The van der Waals surface area contributed by atoms with Gasteiger partial charge in [-0.05, 0) is 75.4 Å². The maximum atomic E-state index is 13.3. The lowest BCUT2D eigenvalue weighted by atomic mass is 10.1. The Kier molecular flexibility index (Phi) is 9.03. The third-order valence-corrected chi connectivity index (χ3v) is 7.53. The smallest absolute Gasteiger partial charge is 0.411 e. The highest BCUT2D eigenvalue weighted by molar-refractivity contribution is 5.84. The average molecular weight is 585 g/mol. The van der Waals surface area contributed by atoms with Crippen LogP contribution in [-0.4, -0.2) is 62.5 Å². The Balaban J connectivity index is 1.23. The van der Waals surface area contributed by atoms with Crippen LogP contribution < -0.4 is 10.2 Å². The summed E-state index contributed by atoms with van der Waals surface area (Å²) in [5.41, 5.74) is 6.83. The van der Waals surface area contributed by atoms with E-state index in [1.54, 1.807) is 9.91 Å². The Morgan fingerprint density at radius 2 is 1.70 bits per heavy atom. The molecular formula is C34H40N4O5. The van der Waals surface area contributed by atoms with Gasteiger partial charge < -0.3 is 19.6 Å². The van der Waals surface area contributed by atoms with Crippen molar-refractivity contribution in [3.8, 4) is 5.75 Å². The van der Waals surface area contributed by atoms with Crippen LogP contribution in [0.1, 0.15) is 44.4 Å². The first kappa shape index (κ1) is 30.1. The fourth-order valence-corrected chi connectivity index (χ4v) is 5.27. The molecule has 1 saturated heterocycles. The molecule has 0 spiro atoms. The van der Waals surface area contributed by atoms with E-state index in [9.17, 15) is 14.7 Å². The molecule has 4 atom stereocenters. The molecule has 3 aromatic carbocycles. The molecule has 0 radical (unpaired) electrons. The molecule has 0 saturated carbocycles. The molecule has 1 aliphatic rings. The zero-order chi connectivity index (χ0) is 30.6. The van der Waals surface area contributed by atoms with Gasteiger partial charge >= 0.3 is 12.1 Å². The number of nitrogens with one attached hydrogen (secondary N) is 2. The van der Waals surface area contributed by atoms with Gasteiger partial charge in [0, 0.05) is 23.6 Å². The summed E-state index contributed by atoms with van der Waals surface area (Å²) in [6.45, 7) is 8.22. The lowest BCUT2D eigenvalue weighted by molar-refractivity contribution is -0.137. The van der Waals surface area contributed by atoms with Gasteiger partial charge in [-0.25, -0.2) is 15.2 Å². The standard InChI is InChI=1S/C34H40N4O5/c1-23(36-38-30(31(38)32(39)40)20-26-21-35-29-13-9-8-12-28(26)29)37(33(41)43-34(2,3)4)19-18-24-14-16-27(17-15-24)42-22-25-10-6-5-7-11-25/h5-17,21,23,30-31,35-36H,18-20,22H2,1-4H3,(H,39,40)/t23?,30-,31-,38?/m0/s1. The molecule has 1 aliphatic heterocycles. The first-order valence-electron chi connectivity index (χ1n) is 14.7. The van der Waals surface area contributed by atoms with Crippen molar-refractivity contribution < 1.29 is 24.2 Å². The van der Waals surface area contributed by atoms with Crippen LogP contribution in [0.25, 0.3) is 10.9 Å². The maximum Gasteiger partial charge on any atom is 0.411 e. The van der Waals surface area contributed by atoms with Crippen LogP contribution in [0.5, 0.6) is 5.75 Å². The van der Waals surface area contributed by atoms with Gasteiger partial charge in [0.05, 0.1) is 12.2 Å². The van der Waals surface area contributed by atoms with Crippen LogP contribution in [0.3, 0.4) is 0 Å². The number of benzene rings is 3. The van der Waals surface area contributed by atoms with Gasteiger partial charge in [-0.1, -0.05) is 60.7 Å². The fourth-order valence-electron chi connectivity index (χ4n) is 5.27. The van der Waals surface area contributed by atoms with Crippen molar-refractivity contribution in [2.45, 2.75) is 71.0 Å². The van der Waals surface area contributed by atoms with Crippen LogP contribution in [-0.2, 0) is 29.0 Å². The number of rotatable bonds is 12. The second kappa shape index (κ2) is 12.9. The van der Waals surface area contributed by atoms with Crippen molar-refractivity contribution in [1.82, 2.24) is 20.3 Å². The molecule has 9 nitrogen and oxygen atoms in total. The van der Waals surface area contributed by atoms with E-state index in [0.29, 0.717) is 26.0 Å². The highest BCUT2D eigenvalue weighted by Gasteiger charge is 2.54. The maximum absolute atomic E-state index is 13.3. The topological polar surface area (TPSA) is 107 Å². The first-order chi connectivity index (χ1) is 20.6. The highest BCUT2D eigenvalue weighted by Crippen LogP contribution is 2.32. The number of fused-ring (bicyclic) bond motifs is 1. The summed E-state index contributed by atoms with van der Waals surface area (Å²) >= 11 is 0. The summed E-state index contributed by atoms with van der Waals surface area (Å²) in [4.78, 5) is 30.3. The summed E-state index contributed by atoms with van der Waals surface area (Å²) < 4.78 is 11.6. The van der Waals surface area contributed by atoms with Crippen molar-refractivity contribution in [1.29, 1.82) is 0 Å². The largest absolute Gasteiger partial charge is 0.489 e. The van der Waals surface area contributed by atoms with Gasteiger partial charge in [0.25, 0.3) is 0 Å². The molecular weight excluding hydrogens is 544 g/mol. The van der Waals surface area contributed by atoms with Gasteiger partial charge in [-0.2, -0.15) is 0 Å². The lowest BCUT2D eigenvalue weighted by Gasteiger charge is -2.32. The van der Waals surface area contributed by atoms with E-state index in [2.05, 4.69) is 10.4 Å². The van der Waals surface area contributed by atoms with Gasteiger partial charge in [0.2, 0.25) is 0 Å². The van der Waals surface area contributed by atoms with Gasteiger partial charge in [-0.15, -0.1) is 0 Å². The number of carboxylic acids is 1. The minimum absolute atomic E-state index is 0.247. The van der Waals surface area contributed by atoms with Gasteiger partial charge in [0.15, 0.2) is 0 Å². The average Bonchev–Trinajstić information content (AvgIpc) is 3.49. The number of carbonyl (C=O) groups is 2. The highest BCUT2D eigenvalue weighted by atomic mass is 16.6. The Morgan fingerprint density at radius 1 is 1.00 bits per heavy atom. The molecule has 1 fully saturated rings. The molecule has 4 aromatic rings. The van der Waals surface area contributed by atoms with Crippen molar-refractivity contribution in [3.63, 3.8) is 0 Å². The van der Waals surface area contributed by atoms with Crippen LogP contribution in [0.2, 0.25) is 0 Å². The second-order valence-corrected chi connectivity index (χ2v) is 12.0. The van der Waals surface area contributed by atoms with E-state index in [1.165, 1.54) is 0 Å². The first-order valence-corrected chi connectivity index (χ1v) is 14.7.